The highest BCUT2D eigenvalue weighted by Crippen LogP contribution is 2.77. The molecule has 2 N–H and O–H groups in total. The minimum Gasteiger partial charge on any atom is -0.393 e. The number of fused-ring (bicyclic) bond motifs is 7. The van der Waals surface area contributed by atoms with Gasteiger partial charge in [0, 0.05) is 11.8 Å². The molecule has 5 fully saturated rings. The van der Waals surface area contributed by atoms with Crippen LogP contribution in [0.3, 0.4) is 0 Å². The van der Waals surface area contributed by atoms with E-state index in [0.29, 0.717) is 35.9 Å². The van der Waals surface area contributed by atoms with Gasteiger partial charge in [-0.15, -0.1) is 0 Å². The molecule has 0 aromatic carbocycles. The van der Waals surface area contributed by atoms with Gasteiger partial charge in [0.2, 0.25) is 0 Å². The number of rotatable bonds is 1. The first-order valence-corrected chi connectivity index (χ1v) is 14.0. The first-order valence-electron chi connectivity index (χ1n) is 14.0. The van der Waals surface area contributed by atoms with Gasteiger partial charge in [0.1, 0.15) is 5.78 Å². The summed E-state index contributed by atoms with van der Waals surface area (Å²) in [5.41, 5.74) is -0.392. The quantitative estimate of drug-likeness (QED) is 0.478. The van der Waals surface area contributed by atoms with Crippen LogP contribution in [0.25, 0.3) is 0 Å². The second-order valence-corrected chi connectivity index (χ2v) is 15.4. The normalized spacial score (nSPS) is 55.9. The van der Waals surface area contributed by atoms with E-state index < -0.39 is 5.60 Å². The van der Waals surface area contributed by atoms with Gasteiger partial charge in [-0.3, -0.25) is 4.79 Å². The Labute approximate surface area is 202 Å². The Bertz CT molecular complexity index is 840. The summed E-state index contributed by atoms with van der Waals surface area (Å²) in [7, 11) is 0. The van der Waals surface area contributed by atoms with Crippen LogP contribution < -0.4 is 0 Å². The zero-order valence-electron chi connectivity index (χ0n) is 22.6. The lowest BCUT2D eigenvalue weighted by molar-refractivity contribution is -0.268. The van der Waals surface area contributed by atoms with Crippen molar-refractivity contribution < 1.29 is 15.0 Å². The summed E-state index contributed by atoms with van der Waals surface area (Å²) in [5.74, 6) is 2.31. The van der Waals surface area contributed by atoms with Crippen LogP contribution in [-0.4, -0.2) is 27.7 Å². The summed E-state index contributed by atoms with van der Waals surface area (Å²) in [6.45, 7) is 18.4. The summed E-state index contributed by atoms with van der Waals surface area (Å²) in [5, 5.41) is 23.2. The number of aliphatic hydroxyl groups excluding tert-OH is 1. The maximum absolute atomic E-state index is 12.9. The van der Waals surface area contributed by atoms with Gasteiger partial charge in [0.05, 0.1) is 11.7 Å². The predicted molar refractivity (Wildman–Crippen MR) is 133 cm³/mol. The lowest BCUT2D eigenvalue weighted by Crippen LogP contribution is -2.69. The average Bonchev–Trinajstić information content (AvgIpc) is 3.05. The lowest BCUT2D eigenvalue weighted by Gasteiger charge is -2.73. The van der Waals surface area contributed by atoms with Crippen molar-refractivity contribution in [3.05, 3.63) is 0 Å². The second kappa shape index (κ2) is 6.87. The highest BCUT2D eigenvalue weighted by Gasteiger charge is 2.72. The molecule has 0 aromatic heterocycles. The summed E-state index contributed by atoms with van der Waals surface area (Å²) in [6.07, 6.45) is 9.21. The number of Topliss-reactive ketones (excluding diaryl/α,β-unsaturated/α-hetero) is 1. The minimum absolute atomic E-state index is 0.0177. The molecule has 0 amide bonds. The van der Waals surface area contributed by atoms with E-state index in [0.717, 1.165) is 32.1 Å². The fourth-order valence-electron chi connectivity index (χ4n) is 11.6. The molecule has 0 saturated heterocycles. The molecule has 33 heavy (non-hydrogen) atoms. The molecule has 10 unspecified atom stereocenters. The van der Waals surface area contributed by atoms with Crippen molar-refractivity contribution >= 4 is 5.78 Å². The third-order valence-electron chi connectivity index (χ3n) is 13.5. The number of hydrogen-bond donors (Lipinski definition) is 2. The number of carbonyl (C=O) groups is 1. The summed E-state index contributed by atoms with van der Waals surface area (Å²) in [4.78, 5) is 12.9. The standard InChI is InChI=1S/C30H50O3/c1-25(2)21-10-14-30(8)24(28(21,6)13-11-22(25)32)20(31)17-19-23-18(26(3,4)33)9-12-27(23,5)15-16-29(19,30)7/h18-21,23-24,31,33H,9-17H2,1-8H3. The van der Waals surface area contributed by atoms with Crippen LogP contribution in [0.15, 0.2) is 0 Å². The monoisotopic (exact) mass is 458 g/mol. The molecule has 3 nitrogen and oxygen atoms in total. The molecule has 5 aliphatic carbocycles. The second-order valence-electron chi connectivity index (χ2n) is 15.4. The van der Waals surface area contributed by atoms with Crippen LogP contribution in [0, 0.1) is 56.7 Å². The van der Waals surface area contributed by atoms with Crippen molar-refractivity contribution in [3.63, 3.8) is 0 Å². The molecule has 0 aliphatic heterocycles. The van der Waals surface area contributed by atoms with Crippen molar-refractivity contribution in [2.24, 2.45) is 56.7 Å². The molecular weight excluding hydrogens is 408 g/mol. The van der Waals surface area contributed by atoms with E-state index in [1.807, 2.05) is 13.8 Å². The van der Waals surface area contributed by atoms with Gasteiger partial charge in [-0.2, -0.15) is 0 Å². The van der Waals surface area contributed by atoms with E-state index >= 15 is 0 Å². The zero-order valence-corrected chi connectivity index (χ0v) is 22.6. The fourth-order valence-corrected chi connectivity index (χ4v) is 11.6. The largest absolute Gasteiger partial charge is 0.393 e. The van der Waals surface area contributed by atoms with Gasteiger partial charge < -0.3 is 10.2 Å². The Morgan fingerprint density at radius 3 is 2.18 bits per heavy atom. The predicted octanol–water partition coefficient (Wildman–Crippen LogP) is 6.40. The first kappa shape index (κ1) is 24.3. The van der Waals surface area contributed by atoms with Gasteiger partial charge >= 0.3 is 0 Å². The maximum Gasteiger partial charge on any atom is 0.138 e. The van der Waals surface area contributed by atoms with E-state index in [4.69, 9.17) is 0 Å². The molecule has 5 aliphatic rings. The molecule has 10 atom stereocenters. The van der Waals surface area contributed by atoms with Gasteiger partial charge in [0.25, 0.3) is 0 Å². The SMILES string of the molecule is CC(C)(O)C1CCC2(C)CCC3(C)C(CC(O)C4C5(C)CCC(=O)C(C)(C)C5CCC43C)C12. The zero-order chi connectivity index (χ0) is 24.4. The summed E-state index contributed by atoms with van der Waals surface area (Å²) < 4.78 is 0. The topological polar surface area (TPSA) is 57.5 Å². The number of carbonyl (C=O) groups excluding carboxylic acids is 1. The number of hydrogen-bond acceptors (Lipinski definition) is 3. The van der Waals surface area contributed by atoms with Gasteiger partial charge in [0.15, 0.2) is 0 Å². The summed E-state index contributed by atoms with van der Waals surface area (Å²) in [6, 6.07) is 0. The van der Waals surface area contributed by atoms with Crippen LogP contribution in [-0.2, 0) is 4.79 Å². The smallest absolute Gasteiger partial charge is 0.138 e. The molecule has 3 heteroatoms. The number of aliphatic hydroxyl groups is 2. The Balaban J connectivity index is 1.59. The van der Waals surface area contributed by atoms with Crippen LogP contribution in [0.2, 0.25) is 0 Å². The van der Waals surface area contributed by atoms with Crippen molar-refractivity contribution in [2.45, 2.75) is 125 Å². The Morgan fingerprint density at radius 1 is 0.879 bits per heavy atom. The van der Waals surface area contributed by atoms with E-state index in [1.165, 1.54) is 19.3 Å². The summed E-state index contributed by atoms with van der Waals surface area (Å²) >= 11 is 0. The van der Waals surface area contributed by atoms with Crippen molar-refractivity contribution in [3.8, 4) is 0 Å². The first-order chi connectivity index (χ1) is 15.0. The highest BCUT2D eigenvalue weighted by molar-refractivity contribution is 5.85. The van der Waals surface area contributed by atoms with E-state index in [-0.39, 0.29) is 39.1 Å². The van der Waals surface area contributed by atoms with Gasteiger partial charge in [-0.1, -0.05) is 41.5 Å². The molecular formula is C30H50O3. The molecule has 0 aromatic rings. The minimum atomic E-state index is -0.666. The van der Waals surface area contributed by atoms with Crippen LogP contribution >= 0.6 is 0 Å². The highest BCUT2D eigenvalue weighted by atomic mass is 16.3. The van der Waals surface area contributed by atoms with E-state index in [1.54, 1.807) is 0 Å². The molecule has 0 bridgehead atoms. The molecule has 5 rings (SSSR count). The van der Waals surface area contributed by atoms with Crippen LogP contribution in [0.4, 0.5) is 0 Å². The molecule has 188 valence electrons. The Kier molecular flexibility index (Phi) is 5.06. The Hall–Kier alpha value is -0.410. The molecule has 0 heterocycles. The van der Waals surface area contributed by atoms with Gasteiger partial charge in [-0.05, 0) is 116 Å². The fraction of sp³-hybridized carbons (Fsp3) is 0.967. The lowest BCUT2D eigenvalue weighted by atomic mass is 9.32. The van der Waals surface area contributed by atoms with Crippen LogP contribution in [0.5, 0.6) is 0 Å². The number of ketones is 1. The molecule has 0 spiro atoms. The third kappa shape index (κ3) is 2.90. The van der Waals surface area contributed by atoms with E-state index in [2.05, 4.69) is 41.5 Å². The third-order valence-corrected chi connectivity index (χ3v) is 13.5. The van der Waals surface area contributed by atoms with E-state index in [9.17, 15) is 15.0 Å². The van der Waals surface area contributed by atoms with Gasteiger partial charge in [-0.25, -0.2) is 0 Å². The van der Waals surface area contributed by atoms with Crippen LogP contribution in [0.1, 0.15) is 113 Å². The average molecular weight is 459 g/mol. The van der Waals surface area contributed by atoms with Crippen molar-refractivity contribution in [1.82, 2.24) is 0 Å². The maximum atomic E-state index is 12.9. The Morgan fingerprint density at radius 2 is 1.55 bits per heavy atom. The molecule has 0 radical (unpaired) electrons. The van der Waals surface area contributed by atoms with Crippen molar-refractivity contribution in [2.75, 3.05) is 0 Å². The molecule has 5 saturated carbocycles. The van der Waals surface area contributed by atoms with Crippen molar-refractivity contribution in [1.29, 1.82) is 0 Å².